The molecule has 2 aromatic carbocycles. The molecule has 0 spiro atoms. The number of aliphatic hydroxyl groups is 1. The van der Waals surface area contributed by atoms with Gasteiger partial charge in [0.05, 0.1) is 6.61 Å². The van der Waals surface area contributed by atoms with Crippen molar-refractivity contribution in [1.82, 2.24) is 4.90 Å². The summed E-state index contributed by atoms with van der Waals surface area (Å²) in [6.45, 7) is 1.02. The second-order valence-corrected chi connectivity index (χ2v) is 5.85. The predicted octanol–water partition coefficient (Wildman–Crippen LogP) is 3.47. The van der Waals surface area contributed by atoms with Gasteiger partial charge in [0.15, 0.2) is 0 Å². The van der Waals surface area contributed by atoms with Gasteiger partial charge in [-0.2, -0.15) is 0 Å². The SMILES string of the molecule is CN(C)CC1=CC=CC1c1ccc2ccccc2c1CO. The first-order valence-electron chi connectivity index (χ1n) is 7.34. The Bertz CT molecular complexity index is 713. The highest BCUT2D eigenvalue weighted by Crippen LogP contribution is 2.35. The van der Waals surface area contributed by atoms with Crippen LogP contribution in [0, 0.1) is 0 Å². The van der Waals surface area contributed by atoms with Crippen LogP contribution in [0.1, 0.15) is 17.0 Å². The number of fused-ring (bicyclic) bond motifs is 1. The first-order valence-corrected chi connectivity index (χ1v) is 7.34. The third kappa shape index (κ3) is 2.65. The number of hydrogen-bond donors (Lipinski definition) is 1. The van der Waals surface area contributed by atoms with Crippen molar-refractivity contribution in [1.29, 1.82) is 0 Å². The predicted molar refractivity (Wildman–Crippen MR) is 88.4 cm³/mol. The lowest BCUT2D eigenvalue weighted by Crippen LogP contribution is -2.18. The Morgan fingerprint density at radius 3 is 2.67 bits per heavy atom. The largest absolute Gasteiger partial charge is 0.392 e. The number of rotatable bonds is 4. The summed E-state index contributed by atoms with van der Waals surface area (Å²) < 4.78 is 0. The summed E-state index contributed by atoms with van der Waals surface area (Å²) in [6.07, 6.45) is 6.54. The summed E-state index contributed by atoms with van der Waals surface area (Å²) in [6, 6.07) is 12.6. The number of benzene rings is 2. The van der Waals surface area contributed by atoms with Crippen molar-refractivity contribution in [2.75, 3.05) is 20.6 Å². The van der Waals surface area contributed by atoms with Crippen LogP contribution in [0.15, 0.2) is 60.2 Å². The molecule has 0 fully saturated rings. The van der Waals surface area contributed by atoms with Crippen LogP contribution in [0.3, 0.4) is 0 Å². The Kier molecular flexibility index (Phi) is 3.91. The van der Waals surface area contributed by atoms with Gasteiger partial charge < -0.3 is 10.0 Å². The van der Waals surface area contributed by atoms with Crippen molar-refractivity contribution in [2.45, 2.75) is 12.5 Å². The molecule has 108 valence electrons. The van der Waals surface area contributed by atoms with Crippen LogP contribution in [-0.4, -0.2) is 30.6 Å². The third-order valence-corrected chi connectivity index (χ3v) is 4.08. The van der Waals surface area contributed by atoms with Crippen LogP contribution in [0.2, 0.25) is 0 Å². The highest BCUT2D eigenvalue weighted by molar-refractivity contribution is 5.87. The van der Waals surface area contributed by atoms with Gasteiger partial charge >= 0.3 is 0 Å². The molecule has 0 bridgehead atoms. The molecule has 0 saturated carbocycles. The summed E-state index contributed by atoms with van der Waals surface area (Å²) >= 11 is 0. The molecule has 0 amide bonds. The van der Waals surface area contributed by atoms with Gasteiger partial charge in [0.1, 0.15) is 0 Å². The number of likely N-dealkylation sites (N-methyl/N-ethyl adjacent to an activating group) is 1. The summed E-state index contributed by atoms with van der Waals surface area (Å²) in [5, 5.41) is 12.2. The average Bonchev–Trinajstić information content (AvgIpc) is 2.93. The van der Waals surface area contributed by atoms with E-state index in [0.29, 0.717) is 0 Å². The van der Waals surface area contributed by atoms with E-state index in [1.807, 2.05) is 12.1 Å². The van der Waals surface area contributed by atoms with Gasteiger partial charge in [-0.1, -0.05) is 54.6 Å². The van der Waals surface area contributed by atoms with Crippen molar-refractivity contribution in [3.8, 4) is 0 Å². The molecule has 1 aliphatic carbocycles. The van der Waals surface area contributed by atoms with Crippen molar-refractivity contribution in [3.05, 3.63) is 71.3 Å². The van der Waals surface area contributed by atoms with Gasteiger partial charge in [0.2, 0.25) is 0 Å². The number of aliphatic hydroxyl groups excluding tert-OH is 1. The fourth-order valence-corrected chi connectivity index (χ4v) is 3.16. The topological polar surface area (TPSA) is 23.5 Å². The Morgan fingerprint density at radius 2 is 1.90 bits per heavy atom. The van der Waals surface area contributed by atoms with E-state index in [1.165, 1.54) is 16.5 Å². The molecular weight excluding hydrogens is 258 g/mol. The molecule has 1 N–H and O–H groups in total. The Balaban J connectivity index is 2.08. The van der Waals surface area contributed by atoms with Crippen LogP contribution in [0.25, 0.3) is 10.8 Å². The van der Waals surface area contributed by atoms with E-state index < -0.39 is 0 Å². The molecule has 2 heteroatoms. The molecule has 0 aliphatic heterocycles. The molecule has 2 aromatic rings. The lowest BCUT2D eigenvalue weighted by molar-refractivity contribution is 0.282. The Morgan fingerprint density at radius 1 is 1.10 bits per heavy atom. The standard InChI is InChI=1S/C19H21NO/c1-20(2)12-15-7-5-9-17(15)18-11-10-14-6-3-4-8-16(14)19(18)13-21/h3-11,17,21H,12-13H2,1-2H3. The molecule has 2 nitrogen and oxygen atoms in total. The zero-order valence-corrected chi connectivity index (χ0v) is 12.6. The van der Waals surface area contributed by atoms with Gasteiger partial charge in [-0.15, -0.1) is 0 Å². The Hall–Kier alpha value is -1.90. The maximum Gasteiger partial charge on any atom is 0.0690 e. The van der Waals surface area contributed by atoms with Crippen molar-refractivity contribution in [3.63, 3.8) is 0 Å². The van der Waals surface area contributed by atoms with E-state index in [1.54, 1.807) is 0 Å². The molecule has 0 radical (unpaired) electrons. The van der Waals surface area contributed by atoms with E-state index in [-0.39, 0.29) is 12.5 Å². The van der Waals surface area contributed by atoms with E-state index in [4.69, 9.17) is 0 Å². The number of nitrogens with zero attached hydrogens (tertiary/aromatic N) is 1. The average molecular weight is 279 g/mol. The van der Waals surface area contributed by atoms with Crippen LogP contribution < -0.4 is 0 Å². The summed E-state index contributed by atoms with van der Waals surface area (Å²) in [5.74, 6) is 0.277. The highest BCUT2D eigenvalue weighted by Gasteiger charge is 2.21. The second-order valence-electron chi connectivity index (χ2n) is 5.85. The lowest BCUT2D eigenvalue weighted by atomic mass is 9.87. The maximum atomic E-state index is 9.89. The zero-order chi connectivity index (χ0) is 14.8. The lowest BCUT2D eigenvalue weighted by Gasteiger charge is -2.21. The summed E-state index contributed by atoms with van der Waals surface area (Å²) in [5.41, 5.74) is 3.65. The van der Waals surface area contributed by atoms with Crippen molar-refractivity contribution < 1.29 is 5.11 Å². The van der Waals surface area contributed by atoms with Gasteiger partial charge in [-0.25, -0.2) is 0 Å². The van der Waals surface area contributed by atoms with Gasteiger partial charge in [-0.3, -0.25) is 0 Å². The second kappa shape index (κ2) is 5.84. The molecule has 0 saturated heterocycles. The van der Waals surface area contributed by atoms with Crippen molar-refractivity contribution in [2.24, 2.45) is 0 Å². The fraction of sp³-hybridized carbons (Fsp3) is 0.263. The number of hydrogen-bond acceptors (Lipinski definition) is 2. The third-order valence-electron chi connectivity index (χ3n) is 4.08. The van der Waals surface area contributed by atoms with Crippen LogP contribution in [-0.2, 0) is 6.61 Å². The molecular formula is C19H21NO. The molecule has 1 unspecified atom stereocenters. The Labute approximate surface area is 126 Å². The minimum Gasteiger partial charge on any atom is -0.392 e. The first kappa shape index (κ1) is 14.1. The highest BCUT2D eigenvalue weighted by atomic mass is 16.3. The van der Waals surface area contributed by atoms with Gasteiger partial charge in [0.25, 0.3) is 0 Å². The molecule has 0 aromatic heterocycles. The smallest absolute Gasteiger partial charge is 0.0690 e. The molecule has 0 heterocycles. The molecule has 1 aliphatic rings. The van der Waals surface area contributed by atoms with E-state index >= 15 is 0 Å². The monoisotopic (exact) mass is 279 g/mol. The molecule has 1 atom stereocenters. The van der Waals surface area contributed by atoms with E-state index in [9.17, 15) is 5.11 Å². The van der Waals surface area contributed by atoms with E-state index in [0.717, 1.165) is 17.5 Å². The minimum atomic E-state index is 0.0796. The quantitative estimate of drug-likeness (QED) is 0.926. The van der Waals surface area contributed by atoms with Crippen LogP contribution in [0.5, 0.6) is 0 Å². The van der Waals surface area contributed by atoms with E-state index in [2.05, 4.69) is 61.5 Å². The summed E-state index contributed by atoms with van der Waals surface area (Å²) in [4.78, 5) is 2.19. The normalized spacial score (nSPS) is 17.7. The van der Waals surface area contributed by atoms with Crippen molar-refractivity contribution >= 4 is 10.8 Å². The van der Waals surface area contributed by atoms with Gasteiger partial charge in [0, 0.05) is 12.5 Å². The van der Waals surface area contributed by atoms with Crippen LogP contribution in [0.4, 0.5) is 0 Å². The summed E-state index contributed by atoms with van der Waals surface area (Å²) in [7, 11) is 4.17. The maximum absolute atomic E-state index is 9.89. The first-order chi connectivity index (χ1) is 10.2. The van der Waals surface area contributed by atoms with Crippen LogP contribution >= 0.6 is 0 Å². The molecule has 3 rings (SSSR count). The number of allylic oxidation sites excluding steroid dienone is 3. The fourth-order valence-electron chi connectivity index (χ4n) is 3.16. The zero-order valence-electron chi connectivity index (χ0n) is 12.6. The van der Waals surface area contributed by atoms with Gasteiger partial charge in [-0.05, 0) is 41.6 Å². The molecule has 21 heavy (non-hydrogen) atoms. The minimum absolute atomic E-state index is 0.0796.